The van der Waals surface area contributed by atoms with Gasteiger partial charge >= 0.3 is 10.1 Å². The van der Waals surface area contributed by atoms with E-state index in [1.807, 2.05) is 0 Å². The SMILES string of the molecule is CS(=O)(=O)Oc1ccc(CCCCS(=O)(=O)O)cc1. The van der Waals surface area contributed by atoms with Crippen LogP contribution in [0.1, 0.15) is 18.4 Å². The molecule has 0 bridgehead atoms. The topological polar surface area (TPSA) is 97.7 Å². The van der Waals surface area contributed by atoms with E-state index in [0.717, 1.165) is 11.8 Å². The van der Waals surface area contributed by atoms with Crippen molar-refractivity contribution in [1.29, 1.82) is 0 Å². The molecule has 0 spiro atoms. The van der Waals surface area contributed by atoms with Gasteiger partial charge < -0.3 is 4.18 Å². The van der Waals surface area contributed by atoms with Crippen LogP contribution < -0.4 is 4.18 Å². The lowest BCUT2D eigenvalue weighted by molar-refractivity contribution is 0.480. The van der Waals surface area contributed by atoms with Crippen LogP contribution in [-0.4, -0.2) is 33.4 Å². The lowest BCUT2D eigenvalue weighted by Crippen LogP contribution is -2.05. The van der Waals surface area contributed by atoms with Crippen molar-refractivity contribution in [3.63, 3.8) is 0 Å². The highest BCUT2D eigenvalue weighted by Crippen LogP contribution is 2.15. The van der Waals surface area contributed by atoms with Gasteiger partial charge in [0.1, 0.15) is 5.75 Å². The zero-order chi connectivity index (χ0) is 14.5. The molecular formula is C11H16O6S2. The molecule has 1 N–H and O–H groups in total. The normalized spacial score (nSPS) is 12.3. The third kappa shape index (κ3) is 7.81. The van der Waals surface area contributed by atoms with Crippen LogP contribution in [0.15, 0.2) is 24.3 Å². The van der Waals surface area contributed by atoms with Crippen LogP contribution in [0.4, 0.5) is 0 Å². The summed E-state index contributed by atoms with van der Waals surface area (Å²) in [6.45, 7) is 0. The summed E-state index contributed by atoms with van der Waals surface area (Å²) in [7, 11) is -7.41. The fourth-order valence-electron chi connectivity index (χ4n) is 1.50. The first-order valence-electron chi connectivity index (χ1n) is 5.59. The van der Waals surface area contributed by atoms with E-state index in [1.165, 1.54) is 0 Å². The molecule has 0 aliphatic heterocycles. The summed E-state index contributed by atoms with van der Waals surface area (Å²) in [5.74, 6) is -0.00776. The molecular weight excluding hydrogens is 292 g/mol. The lowest BCUT2D eigenvalue weighted by Gasteiger charge is -2.04. The Morgan fingerprint density at radius 1 is 1.05 bits per heavy atom. The summed E-state index contributed by atoms with van der Waals surface area (Å²) in [6.07, 6.45) is 2.61. The van der Waals surface area contributed by atoms with Crippen LogP contribution >= 0.6 is 0 Å². The van der Waals surface area contributed by atoms with E-state index in [0.29, 0.717) is 19.3 Å². The van der Waals surface area contributed by atoms with Gasteiger partial charge in [-0.25, -0.2) is 0 Å². The first kappa shape index (κ1) is 15.9. The Labute approximate surface area is 113 Å². The predicted molar refractivity (Wildman–Crippen MR) is 71.3 cm³/mol. The number of hydrogen-bond donors (Lipinski definition) is 1. The van der Waals surface area contributed by atoms with Gasteiger partial charge in [-0.05, 0) is 37.0 Å². The van der Waals surface area contributed by atoms with Crippen molar-refractivity contribution in [3.8, 4) is 5.75 Å². The summed E-state index contributed by atoms with van der Waals surface area (Å²) in [5, 5.41) is 0. The number of aryl methyl sites for hydroxylation is 1. The Balaban J connectivity index is 2.45. The van der Waals surface area contributed by atoms with Crippen LogP contribution in [0.2, 0.25) is 0 Å². The van der Waals surface area contributed by atoms with Crippen molar-refractivity contribution < 1.29 is 25.6 Å². The largest absolute Gasteiger partial charge is 0.383 e. The number of unbranched alkanes of at least 4 members (excludes halogenated alkanes) is 1. The second kappa shape index (κ2) is 6.36. The summed E-state index contributed by atoms with van der Waals surface area (Å²) < 4.78 is 56.0. The first-order chi connectivity index (χ1) is 8.66. The van der Waals surface area contributed by atoms with E-state index >= 15 is 0 Å². The molecule has 0 aliphatic rings. The Bertz CT molecular complexity index is 601. The van der Waals surface area contributed by atoms with Gasteiger partial charge in [0.25, 0.3) is 10.1 Å². The summed E-state index contributed by atoms with van der Waals surface area (Å²) in [6, 6.07) is 6.51. The smallest absolute Gasteiger partial charge is 0.306 e. The molecule has 0 aromatic heterocycles. The van der Waals surface area contributed by atoms with Crippen LogP contribution in [0.3, 0.4) is 0 Å². The minimum atomic E-state index is -3.89. The first-order valence-corrected chi connectivity index (χ1v) is 9.02. The molecule has 0 atom stereocenters. The molecule has 0 saturated heterocycles. The summed E-state index contributed by atoms with van der Waals surface area (Å²) >= 11 is 0. The Kier molecular flexibility index (Phi) is 5.33. The summed E-state index contributed by atoms with van der Waals surface area (Å²) in [4.78, 5) is 0. The third-order valence-electron chi connectivity index (χ3n) is 2.29. The van der Waals surface area contributed by atoms with Crippen LogP contribution in [0.5, 0.6) is 5.75 Å². The molecule has 0 saturated carbocycles. The molecule has 1 aromatic carbocycles. The molecule has 19 heavy (non-hydrogen) atoms. The van der Waals surface area contributed by atoms with E-state index in [-0.39, 0.29) is 11.5 Å². The molecule has 0 radical (unpaired) electrons. The van der Waals surface area contributed by atoms with Gasteiger partial charge in [-0.15, -0.1) is 0 Å². The van der Waals surface area contributed by atoms with Crippen molar-refractivity contribution in [1.82, 2.24) is 0 Å². The van der Waals surface area contributed by atoms with Crippen LogP contribution in [0.25, 0.3) is 0 Å². The van der Waals surface area contributed by atoms with Crippen molar-refractivity contribution in [2.24, 2.45) is 0 Å². The fourth-order valence-corrected chi connectivity index (χ4v) is 2.53. The predicted octanol–water partition coefficient (Wildman–Crippen LogP) is 1.24. The van der Waals surface area contributed by atoms with Gasteiger partial charge in [0.05, 0.1) is 12.0 Å². The maximum absolute atomic E-state index is 10.9. The molecule has 0 aliphatic carbocycles. The molecule has 0 unspecified atom stereocenters. The lowest BCUT2D eigenvalue weighted by atomic mass is 10.1. The monoisotopic (exact) mass is 308 g/mol. The van der Waals surface area contributed by atoms with Gasteiger partial charge in [0.15, 0.2) is 0 Å². The third-order valence-corrected chi connectivity index (χ3v) is 3.59. The van der Waals surface area contributed by atoms with E-state index < -0.39 is 20.2 Å². The second-order valence-corrected chi connectivity index (χ2v) is 7.32. The maximum atomic E-state index is 10.9. The van der Waals surface area contributed by atoms with E-state index in [1.54, 1.807) is 24.3 Å². The average Bonchev–Trinajstić information content (AvgIpc) is 2.23. The van der Waals surface area contributed by atoms with E-state index in [4.69, 9.17) is 4.55 Å². The van der Waals surface area contributed by atoms with E-state index in [2.05, 4.69) is 4.18 Å². The molecule has 108 valence electrons. The molecule has 6 nitrogen and oxygen atoms in total. The van der Waals surface area contributed by atoms with Gasteiger partial charge in [-0.1, -0.05) is 12.1 Å². The summed E-state index contributed by atoms with van der Waals surface area (Å²) in [5.41, 5.74) is 0.941. The minimum absolute atomic E-state index is 0.240. The van der Waals surface area contributed by atoms with Crippen molar-refractivity contribution in [3.05, 3.63) is 29.8 Å². The fraction of sp³-hybridized carbons (Fsp3) is 0.455. The number of benzene rings is 1. The zero-order valence-corrected chi connectivity index (χ0v) is 12.1. The molecule has 8 heteroatoms. The van der Waals surface area contributed by atoms with Crippen LogP contribution in [0, 0.1) is 0 Å². The van der Waals surface area contributed by atoms with E-state index in [9.17, 15) is 16.8 Å². The van der Waals surface area contributed by atoms with Gasteiger partial charge in [-0.3, -0.25) is 4.55 Å². The average molecular weight is 308 g/mol. The van der Waals surface area contributed by atoms with Crippen molar-refractivity contribution >= 4 is 20.2 Å². The van der Waals surface area contributed by atoms with Gasteiger partial charge in [-0.2, -0.15) is 16.8 Å². The quantitative estimate of drug-likeness (QED) is 0.462. The Morgan fingerprint density at radius 2 is 1.63 bits per heavy atom. The van der Waals surface area contributed by atoms with Gasteiger partial charge in [0.2, 0.25) is 0 Å². The highest BCUT2D eigenvalue weighted by Gasteiger charge is 2.05. The Morgan fingerprint density at radius 3 is 2.11 bits per heavy atom. The van der Waals surface area contributed by atoms with Crippen molar-refractivity contribution in [2.45, 2.75) is 19.3 Å². The molecule has 1 rings (SSSR count). The highest BCUT2D eigenvalue weighted by molar-refractivity contribution is 7.86. The Hall–Kier alpha value is -1.12. The van der Waals surface area contributed by atoms with Crippen LogP contribution in [-0.2, 0) is 26.7 Å². The molecule has 0 amide bonds. The molecule has 0 heterocycles. The molecule has 0 fully saturated rings. The highest BCUT2D eigenvalue weighted by atomic mass is 32.2. The number of rotatable bonds is 7. The minimum Gasteiger partial charge on any atom is -0.383 e. The number of hydrogen-bond acceptors (Lipinski definition) is 5. The maximum Gasteiger partial charge on any atom is 0.306 e. The van der Waals surface area contributed by atoms with Gasteiger partial charge in [0, 0.05) is 0 Å². The standard InChI is InChI=1S/C11H16O6S2/c1-18(12,13)17-11-7-5-10(6-8-11)4-2-3-9-19(14,15)16/h5-8H,2-4,9H2,1H3,(H,14,15,16). The second-order valence-electron chi connectivity index (χ2n) is 4.17. The zero-order valence-electron chi connectivity index (χ0n) is 10.4. The molecule has 1 aromatic rings. The van der Waals surface area contributed by atoms with Crippen molar-refractivity contribution in [2.75, 3.05) is 12.0 Å².